The SMILES string of the molecule is Cc1cc(C)c(C(N)=NO)c(Oc2ccc(F)cc2Br)n1. The summed E-state index contributed by atoms with van der Waals surface area (Å²) in [5.41, 5.74) is 7.53. The average molecular weight is 354 g/mol. The lowest BCUT2D eigenvalue weighted by atomic mass is 10.1. The van der Waals surface area contributed by atoms with Gasteiger partial charge in [0.05, 0.1) is 10.0 Å². The van der Waals surface area contributed by atoms with Gasteiger partial charge in [0, 0.05) is 5.69 Å². The van der Waals surface area contributed by atoms with E-state index in [9.17, 15) is 4.39 Å². The Morgan fingerprint density at radius 3 is 2.71 bits per heavy atom. The fourth-order valence-corrected chi connectivity index (χ4v) is 2.33. The third kappa shape index (κ3) is 3.30. The van der Waals surface area contributed by atoms with Crippen LogP contribution in [0.5, 0.6) is 11.6 Å². The van der Waals surface area contributed by atoms with Crippen molar-refractivity contribution in [3.05, 3.63) is 51.4 Å². The summed E-state index contributed by atoms with van der Waals surface area (Å²) in [5, 5.41) is 11.9. The van der Waals surface area contributed by atoms with E-state index in [0.29, 0.717) is 15.8 Å². The third-order valence-corrected chi connectivity index (χ3v) is 3.40. The molecule has 0 spiro atoms. The summed E-state index contributed by atoms with van der Waals surface area (Å²) in [6, 6.07) is 5.81. The van der Waals surface area contributed by atoms with Crippen molar-refractivity contribution in [2.45, 2.75) is 13.8 Å². The molecule has 21 heavy (non-hydrogen) atoms. The molecule has 2 rings (SSSR count). The fourth-order valence-electron chi connectivity index (χ4n) is 1.90. The van der Waals surface area contributed by atoms with Crippen LogP contribution in [0.4, 0.5) is 4.39 Å². The Hall–Kier alpha value is -2.15. The third-order valence-electron chi connectivity index (χ3n) is 2.78. The zero-order valence-electron chi connectivity index (χ0n) is 11.4. The molecule has 0 amide bonds. The molecule has 0 aliphatic heterocycles. The first-order valence-electron chi connectivity index (χ1n) is 6.01. The summed E-state index contributed by atoms with van der Waals surface area (Å²) in [4.78, 5) is 4.25. The molecule has 1 heterocycles. The molecule has 0 saturated heterocycles. The maximum absolute atomic E-state index is 13.1. The number of oxime groups is 1. The van der Waals surface area contributed by atoms with Crippen LogP contribution in [0.15, 0.2) is 33.9 Å². The molecule has 7 heteroatoms. The second-order valence-electron chi connectivity index (χ2n) is 4.42. The number of benzene rings is 1. The summed E-state index contributed by atoms with van der Waals surface area (Å²) in [6.07, 6.45) is 0. The van der Waals surface area contributed by atoms with Crippen molar-refractivity contribution in [1.82, 2.24) is 4.98 Å². The second-order valence-corrected chi connectivity index (χ2v) is 5.28. The summed E-state index contributed by atoms with van der Waals surface area (Å²) in [5.74, 6) is 0.0727. The van der Waals surface area contributed by atoms with Crippen LogP contribution in [-0.2, 0) is 0 Å². The molecule has 2 aromatic rings. The van der Waals surface area contributed by atoms with Gasteiger partial charge in [-0.15, -0.1) is 0 Å². The lowest BCUT2D eigenvalue weighted by Crippen LogP contribution is -2.17. The lowest BCUT2D eigenvalue weighted by molar-refractivity contribution is 0.318. The zero-order chi connectivity index (χ0) is 15.6. The summed E-state index contributed by atoms with van der Waals surface area (Å²) in [6.45, 7) is 3.60. The van der Waals surface area contributed by atoms with E-state index in [4.69, 9.17) is 15.7 Å². The van der Waals surface area contributed by atoms with E-state index in [0.717, 1.165) is 11.3 Å². The first-order valence-corrected chi connectivity index (χ1v) is 6.80. The second kappa shape index (κ2) is 6.09. The summed E-state index contributed by atoms with van der Waals surface area (Å²) < 4.78 is 19.2. The first-order chi connectivity index (χ1) is 9.92. The van der Waals surface area contributed by atoms with Gasteiger partial charge in [0.25, 0.3) is 0 Å². The molecule has 1 aromatic heterocycles. The highest BCUT2D eigenvalue weighted by atomic mass is 79.9. The average Bonchev–Trinajstić information content (AvgIpc) is 2.40. The highest BCUT2D eigenvalue weighted by Crippen LogP contribution is 2.32. The van der Waals surface area contributed by atoms with Crippen LogP contribution in [0.2, 0.25) is 0 Å². The Balaban J connectivity index is 2.53. The van der Waals surface area contributed by atoms with Gasteiger partial charge in [0.2, 0.25) is 5.88 Å². The van der Waals surface area contributed by atoms with Gasteiger partial charge in [-0.2, -0.15) is 0 Å². The lowest BCUT2D eigenvalue weighted by Gasteiger charge is -2.13. The minimum Gasteiger partial charge on any atom is -0.437 e. The van der Waals surface area contributed by atoms with Crippen molar-refractivity contribution in [1.29, 1.82) is 0 Å². The molecule has 1 aromatic carbocycles. The van der Waals surface area contributed by atoms with E-state index >= 15 is 0 Å². The van der Waals surface area contributed by atoms with Gasteiger partial charge >= 0.3 is 0 Å². The van der Waals surface area contributed by atoms with Crippen molar-refractivity contribution < 1.29 is 14.3 Å². The number of amidine groups is 1. The van der Waals surface area contributed by atoms with Gasteiger partial charge in [-0.3, -0.25) is 0 Å². The smallest absolute Gasteiger partial charge is 0.230 e. The quantitative estimate of drug-likeness (QED) is 0.383. The molecule has 110 valence electrons. The summed E-state index contributed by atoms with van der Waals surface area (Å²) in [7, 11) is 0. The van der Waals surface area contributed by atoms with E-state index < -0.39 is 0 Å². The van der Waals surface area contributed by atoms with Gasteiger partial charge in [-0.25, -0.2) is 9.37 Å². The predicted molar refractivity (Wildman–Crippen MR) is 80.4 cm³/mol. The number of ether oxygens (including phenoxy) is 1. The van der Waals surface area contributed by atoms with E-state index in [1.165, 1.54) is 18.2 Å². The Kier molecular flexibility index (Phi) is 4.42. The first kappa shape index (κ1) is 15.2. The number of aromatic nitrogens is 1. The monoisotopic (exact) mass is 353 g/mol. The number of pyridine rings is 1. The predicted octanol–water partition coefficient (Wildman–Crippen LogP) is 3.49. The topological polar surface area (TPSA) is 80.7 Å². The highest BCUT2D eigenvalue weighted by Gasteiger charge is 2.16. The Bertz CT molecular complexity index is 720. The molecule has 0 aliphatic carbocycles. The van der Waals surface area contributed by atoms with Crippen molar-refractivity contribution >= 4 is 21.8 Å². The van der Waals surface area contributed by atoms with E-state index in [1.807, 2.05) is 0 Å². The largest absolute Gasteiger partial charge is 0.437 e. The molecule has 0 aliphatic rings. The maximum atomic E-state index is 13.1. The van der Waals surface area contributed by atoms with Crippen molar-refractivity contribution in [2.75, 3.05) is 0 Å². The van der Waals surface area contributed by atoms with Gasteiger partial charge in [0.15, 0.2) is 5.84 Å². The van der Waals surface area contributed by atoms with Crippen LogP contribution in [0.3, 0.4) is 0 Å². The molecule has 0 bridgehead atoms. The number of rotatable bonds is 3. The Morgan fingerprint density at radius 2 is 2.10 bits per heavy atom. The van der Waals surface area contributed by atoms with E-state index in [1.54, 1.807) is 19.9 Å². The van der Waals surface area contributed by atoms with Gasteiger partial charge in [0.1, 0.15) is 11.6 Å². The molecule has 0 unspecified atom stereocenters. The van der Waals surface area contributed by atoms with Gasteiger partial charge in [-0.1, -0.05) is 5.16 Å². The van der Waals surface area contributed by atoms with E-state index in [2.05, 4.69) is 26.1 Å². The minimum atomic E-state index is -0.390. The maximum Gasteiger partial charge on any atom is 0.230 e. The fraction of sp³-hybridized carbons (Fsp3) is 0.143. The van der Waals surface area contributed by atoms with Crippen LogP contribution >= 0.6 is 15.9 Å². The number of nitrogens with two attached hydrogens (primary N) is 1. The zero-order valence-corrected chi connectivity index (χ0v) is 13.0. The van der Waals surface area contributed by atoms with Gasteiger partial charge < -0.3 is 15.7 Å². The number of halogens is 2. The van der Waals surface area contributed by atoms with Crippen LogP contribution in [-0.4, -0.2) is 16.0 Å². The molecule has 3 N–H and O–H groups in total. The van der Waals surface area contributed by atoms with Crippen molar-refractivity contribution in [3.63, 3.8) is 0 Å². The molecule has 0 radical (unpaired) electrons. The Morgan fingerprint density at radius 1 is 1.38 bits per heavy atom. The number of aryl methyl sites for hydroxylation is 2. The highest BCUT2D eigenvalue weighted by molar-refractivity contribution is 9.10. The number of hydrogen-bond acceptors (Lipinski definition) is 4. The number of nitrogens with zero attached hydrogens (tertiary/aromatic N) is 2. The minimum absolute atomic E-state index is 0.103. The van der Waals surface area contributed by atoms with Crippen LogP contribution in [0, 0.1) is 19.7 Å². The van der Waals surface area contributed by atoms with Crippen LogP contribution < -0.4 is 10.5 Å². The molecular formula is C14H13BrFN3O2. The summed E-state index contributed by atoms with van der Waals surface area (Å²) >= 11 is 3.22. The molecule has 0 saturated carbocycles. The van der Waals surface area contributed by atoms with Crippen molar-refractivity contribution in [2.24, 2.45) is 10.9 Å². The normalized spacial score (nSPS) is 11.5. The van der Waals surface area contributed by atoms with Crippen molar-refractivity contribution in [3.8, 4) is 11.6 Å². The van der Waals surface area contributed by atoms with Gasteiger partial charge in [-0.05, 0) is 59.6 Å². The standard InChI is InChI=1S/C14H13BrFN3O2/c1-7-5-8(2)18-14(12(7)13(17)19-20)21-11-4-3-9(16)6-10(11)15/h3-6,20H,1-2H3,(H2,17,19). The molecule has 5 nitrogen and oxygen atoms in total. The molecule has 0 atom stereocenters. The van der Waals surface area contributed by atoms with Crippen LogP contribution in [0.25, 0.3) is 0 Å². The van der Waals surface area contributed by atoms with Crippen LogP contribution in [0.1, 0.15) is 16.8 Å². The Labute approximate surface area is 129 Å². The molecule has 0 fully saturated rings. The van der Waals surface area contributed by atoms with E-state index in [-0.39, 0.29) is 17.5 Å². The molecular weight excluding hydrogens is 341 g/mol. The number of hydrogen-bond donors (Lipinski definition) is 2.